The Morgan fingerprint density at radius 3 is 2.63 bits per heavy atom. The van der Waals surface area contributed by atoms with Crippen molar-refractivity contribution in [2.75, 3.05) is 7.11 Å². The molecular formula is C12H16F2N2O3. The second-order valence-electron chi connectivity index (χ2n) is 3.87. The summed E-state index contributed by atoms with van der Waals surface area (Å²) in [6.45, 7) is -1.02. The molecule has 0 spiro atoms. The molecule has 0 aliphatic heterocycles. The summed E-state index contributed by atoms with van der Waals surface area (Å²) in [5, 5.41) is 2.86. The fraction of sp³-hybridized carbons (Fsp3) is 0.417. The fourth-order valence-electron chi connectivity index (χ4n) is 1.39. The molecule has 5 nitrogen and oxygen atoms in total. The molecule has 1 rings (SSSR count). The summed E-state index contributed by atoms with van der Waals surface area (Å²) in [6.07, 6.45) is 0. The number of amides is 1. The molecule has 1 unspecified atom stereocenters. The van der Waals surface area contributed by atoms with E-state index in [0.29, 0.717) is 12.1 Å². The van der Waals surface area contributed by atoms with Gasteiger partial charge >= 0.3 is 6.61 Å². The van der Waals surface area contributed by atoms with Gasteiger partial charge in [0.2, 0.25) is 5.91 Å². The molecule has 0 aromatic heterocycles. The molecule has 0 fully saturated rings. The van der Waals surface area contributed by atoms with Gasteiger partial charge in [0.1, 0.15) is 0 Å². The summed E-state index contributed by atoms with van der Waals surface area (Å²) in [7, 11) is 1.36. The maximum Gasteiger partial charge on any atom is 0.387 e. The summed E-state index contributed by atoms with van der Waals surface area (Å²) in [5.41, 5.74) is 5.77. The lowest BCUT2D eigenvalue weighted by atomic mass is 10.2. The number of nitrogens with one attached hydrogen (secondary N) is 1. The maximum absolute atomic E-state index is 12.2. The van der Waals surface area contributed by atoms with Gasteiger partial charge in [0.25, 0.3) is 0 Å². The summed E-state index contributed by atoms with van der Waals surface area (Å²) < 4.78 is 33.7. The zero-order valence-electron chi connectivity index (χ0n) is 10.7. The van der Waals surface area contributed by atoms with Crippen LogP contribution in [-0.2, 0) is 11.3 Å². The molecule has 0 bridgehead atoms. The average molecular weight is 274 g/mol. The van der Waals surface area contributed by atoms with Gasteiger partial charge < -0.3 is 20.5 Å². The highest BCUT2D eigenvalue weighted by molar-refractivity contribution is 5.79. The van der Waals surface area contributed by atoms with Gasteiger partial charge in [-0.2, -0.15) is 8.78 Å². The highest BCUT2D eigenvalue weighted by Crippen LogP contribution is 2.29. The van der Waals surface area contributed by atoms with Crippen molar-refractivity contribution in [3.8, 4) is 11.5 Å². The second kappa shape index (κ2) is 6.89. The number of hydrogen-bond acceptors (Lipinski definition) is 4. The molecule has 106 valence electrons. The van der Waals surface area contributed by atoms with E-state index in [2.05, 4.69) is 10.1 Å². The molecule has 7 heteroatoms. The van der Waals surface area contributed by atoms with E-state index in [0.717, 1.165) is 0 Å². The normalized spacial score (nSPS) is 12.3. The van der Waals surface area contributed by atoms with E-state index in [1.165, 1.54) is 19.2 Å². The van der Waals surface area contributed by atoms with Crippen molar-refractivity contribution < 1.29 is 23.0 Å². The Hall–Kier alpha value is -1.89. The maximum atomic E-state index is 12.2. The van der Waals surface area contributed by atoms with E-state index in [1.807, 2.05) is 0 Å². The van der Waals surface area contributed by atoms with Crippen LogP contribution >= 0.6 is 0 Å². The number of alkyl halides is 2. The topological polar surface area (TPSA) is 73.6 Å². The third-order valence-corrected chi connectivity index (χ3v) is 2.48. The van der Waals surface area contributed by atoms with Crippen LogP contribution in [0.2, 0.25) is 0 Å². The van der Waals surface area contributed by atoms with E-state index in [9.17, 15) is 13.6 Å². The van der Waals surface area contributed by atoms with E-state index >= 15 is 0 Å². The van der Waals surface area contributed by atoms with Crippen molar-refractivity contribution in [3.05, 3.63) is 23.8 Å². The monoisotopic (exact) mass is 274 g/mol. The molecule has 0 aliphatic carbocycles. The van der Waals surface area contributed by atoms with E-state index in [4.69, 9.17) is 10.5 Å². The van der Waals surface area contributed by atoms with Crippen molar-refractivity contribution in [1.29, 1.82) is 0 Å². The highest BCUT2D eigenvalue weighted by atomic mass is 19.3. The van der Waals surface area contributed by atoms with E-state index < -0.39 is 18.6 Å². The third-order valence-electron chi connectivity index (χ3n) is 2.48. The Morgan fingerprint density at radius 1 is 1.42 bits per heavy atom. The van der Waals surface area contributed by atoms with E-state index in [-0.39, 0.29) is 11.5 Å². The zero-order valence-corrected chi connectivity index (χ0v) is 10.7. The third kappa shape index (κ3) is 4.70. The van der Waals surface area contributed by atoms with Crippen LogP contribution in [0.1, 0.15) is 12.5 Å². The summed E-state index contributed by atoms with van der Waals surface area (Å²) >= 11 is 0. The van der Waals surface area contributed by atoms with Crippen molar-refractivity contribution in [2.24, 2.45) is 5.73 Å². The zero-order chi connectivity index (χ0) is 14.4. The molecule has 1 amide bonds. The van der Waals surface area contributed by atoms with Crippen LogP contribution in [0, 0.1) is 0 Å². The van der Waals surface area contributed by atoms with Crippen LogP contribution in [0.3, 0.4) is 0 Å². The number of halogens is 2. The highest BCUT2D eigenvalue weighted by Gasteiger charge is 2.12. The van der Waals surface area contributed by atoms with Crippen LogP contribution < -0.4 is 20.5 Å². The lowest BCUT2D eigenvalue weighted by molar-refractivity contribution is -0.119. The lowest BCUT2D eigenvalue weighted by Crippen LogP contribution is -2.38. The van der Waals surface area contributed by atoms with Gasteiger partial charge in [0, 0.05) is 6.54 Å². The van der Waals surface area contributed by atoms with E-state index in [1.54, 1.807) is 13.0 Å². The molecule has 0 saturated heterocycles. The number of carbonyl (C=O) groups is 1. The smallest absolute Gasteiger partial charge is 0.387 e. The largest absolute Gasteiger partial charge is 0.493 e. The Labute approximate surface area is 109 Å². The molecular weight excluding hydrogens is 258 g/mol. The number of carbonyl (C=O) groups excluding carboxylic acids is 1. The van der Waals surface area contributed by atoms with Crippen molar-refractivity contribution in [3.63, 3.8) is 0 Å². The first-order valence-corrected chi connectivity index (χ1v) is 5.58. The summed E-state index contributed by atoms with van der Waals surface area (Å²) in [6, 6.07) is 4.11. The average Bonchev–Trinajstić information content (AvgIpc) is 2.35. The Kier molecular flexibility index (Phi) is 5.50. The first-order chi connectivity index (χ1) is 8.93. The molecule has 19 heavy (non-hydrogen) atoms. The minimum Gasteiger partial charge on any atom is -0.493 e. The minimum atomic E-state index is -2.93. The predicted molar refractivity (Wildman–Crippen MR) is 65.1 cm³/mol. The number of primary amides is 1. The van der Waals surface area contributed by atoms with Crippen LogP contribution in [0.4, 0.5) is 8.78 Å². The van der Waals surface area contributed by atoms with Crippen LogP contribution in [0.5, 0.6) is 11.5 Å². The first-order valence-electron chi connectivity index (χ1n) is 5.58. The Balaban J connectivity index is 2.77. The van der Waals surface area contributed by atoms with Gasteiger partial charge in [-0.3, -0.25) is 4.79 Å². The van der Waals surface area contributed by atoms with Crippen LogP contribution in [0.25, 0.3) is 0 Å². The molecule has 1 aromatic carbocycles. The predicted octanol–water partition coefficient (Wildman–Crippen LogP) is 1.26. The molecule has 0 aliphatic rings. The summed E-state index contributed by atoms with van der Waals surface area (Å²) in [4.78, 5) is 10.8. The van der Waals surface area contributed by atoms with Crippen molar-refractivity contribution in [2.45, 2.75) is 26.1 Å². The van der Waals surface area contributed by atoms with Gasteiger partial charge in [0.05, 0.1) is 13.2 Å². The number of nitrogens with two attached hydrogens (primary N) is 1. The van der Waals surface area contributed by atoms with Crippen LogP contribution in [0.15, 0.2) is 18.2 Å². The number of ether oxygens (including phenoxy) is 2. The summed E-state index contributed by atoms with van der Waals surface area (Å²) in [5.74, 6) is -0.326. The fourth-order valence-corrected chi connectivity index (χ4v) is 1.39. The standard InChI is InChI=1S/C12H16F2N2O3/c1-7(11(15)17)16-6-8-3-4-9(18-2)10(5-8)19-12(13)14/h3-5,7,12,16H,6H2,1-2H3,(H2,15,17). The Morgan fingerprint density at radius 2 is 2.11 bits per heavy atom. The molecule has 0 heterocycles. The molecule has 3 N–H and O–H groups in total. The number of hydrogen-bond donors (Lipinski definition) is 2. The Bertz CT molecular complexity index is 441. The van der Waals surface area contributed by atoms with Gasteiger partial charge in [-0.25, -0.2) is 0 Å². The lowest BCUT2D eigenvalue weighted by Gasteiger charge is -2.13. The second-order valence-corrected chi connectivity index (χ2v) is 3.87. The number of benzene rings is 1. The van der Waals surface area contributed by atoms with Gasteiger partial charge in [-0.05, 0) is 24.6 Å². The quantitative estimate of drug-likeness (QED) is 0.785. The first kappa shape index (κ1) is 15.2. The van der Waals surface area contributed by atoms with Gasteiger partial charge in [-0.1, -0.05) is 6.07 Å². The van der Waals surface area contributed by atoms with Crippen LogP contribution in [-0.4, -0.2) is 25.7 Å². The SMILES string of the molecule is COc1ccc(CNC(C)C(N)=O)cc1OC(F)F. The van der Waals surface area contributed by atoms with Crippen molar-refractivity contribution >= 4 is 5.91 Å². The van der Waals surface area contributed by atoms with Crippen molar-refractivity contribution in [1.82, 2.24) is 5.32 Å². The number of methoxy groups -OCH3 is 1. The molecule has 0 saturated carbocycles. The number of rotatable bonds is 7. The van der Waals surface area contributed by atoms with Gasteiger partial charge in [-0.15, -0.1) is 0 Å². The molecule has 0 radical (unpaired) electrons. The minimum absolute atomic E-state index is 0.0523. The molecule has 1 aromatic rings. The van der Waals surface area contributed by atoms with Gasteiger partial charge in [0.15, 0.2) is 11.5 Å². The molecule has 1 atom stereocenters.